The Morgan fingerprint density at radius 3 is 2.42 bits per heavy atom. The molecule has 2 heteroatoms. The number of halogens is 1. The van der Waals surface area contributed by atoms with E-state index < -0.39 is 0 Å². The van der Waals surface area contributed by atoms with Gasteiger partial charge in [-0.3, -0.25) is 0 Å². The maximum absolute atomic E-state index is 5.92. The van der Waals surface area contributed by atoms with Crippen LogP contribution in [0.5, 0.6) is 0 Å². The molecule has 0 radical (unpaired) electrons. The van der Waals surface area contributed by atoms with Crippen LogP contribution in [0, 0.1) is 5.41 Å². The van der Waals surface area contributed by atoms with Crippen LogP contribution >= 0.6 is 11.6 Å². The molecule has 0 aliphatic heterocycles. The highest BCUT2D eigenvalue weighted by atomic mass is 35.5. The number of rotatable bonds is 5. The topological polar surface area (TPSA) is 9.23 Å². The average Bonchev–Trinajstić information content (AvgIpc) is 1.94. The standard InChI is InChI=1S/C10H19ClO/c1-9(2)12-7-6-10(8-11)4-3-5-10/h9H,3-8H2,1-2H3. The van der Waals surface area contributed by atoms with E-state index in [1.54, 1.807) is 0 Å². The minimum Gasteiger partial charge on any atom is -0.379 e. The van der Waals surface area contributed by atoms with Gasteiger partial charge in [0, 0.05) is 12.5 Å². The first-order chi connectivity index (χ1) is 5.68. The van der Waals surface area contributed by atoms with Gasteiger partial charge in [0.05, 0.1) is 6.10 Å². The van der Waals surface area contributed by atoms with Crippen LogP contribution in [0.1, 0.15) is 39.5 Å². The second-order valence-electron chi connectivity index (χ2n) is 4.16. The first kappa shape index (κ1) is 10.3. The zero-order chi connectivity index (χ0) is 9.03. The van der Waals surface area contributed by atoms with E-state index in [4.69, 9.17) is 16.3 Å². The van der Waals surface area contributed by atoms with Crippen LogP contribution in [0.4, 0.5) is 0 Å². The van der Waals surface area contributed by atoms with Crippen molar-refractivity contribution in [2.24, 2.45) is 5.41 Å². The molecule has 0 atom stereocenters. The maximum atomic E-state index is 5.92. The molecule has 1 nitrogen and oxygen atoms in total. The van der Waals surface area contributed by atoms with Gasteiger partial charge in [-0.15, -0.1) is 11.6 Å². The van der Waals surface area contributed by atoms with Crippen LogP contribution in [0.2, 0.25) is 0 Å². The molecule has 0 bridgehead atoms. The van der Waals surface area contributed by atoms with Gasteiger partial charge in [0.15, 0.2) is 0 Å². The van der Waals surface area contributed by atoms with E-state index in [2.05, 4.69) is 13.8 Å². The van der Waals surface area contributed by atoms with Crippen LogP contribution in [-0.2, 0) is 4.74 Å². The second kappa shape index (κ2) is 4.48. The summed E-state index contributed by atoms with van der Waals surface area (Å²) in [5.41, 5.74) is 0.441. The van der Waals surface area contributed by atoms with E-state index in [1.807, 2.05) is 0 Å². The molecular weight excluding hydrogens is 172 g/mol. The predicted octanol–water partition coefficient (Wildman–Crippen LogP) is 3.21. The molecule has 0 aromatic carbocycles. The van der Waals surface area contributed by atoms with Crippen molar-refractivity contribution in [2.45, 2.75) is 45.6 Å². The lowest BCUT2D eigenvalue weighted by Gasteiger charge is -2.40. The second-order valence-corrected chi connectivity index (χ2v) is 4.42. The smallest absolute Gasteiger partial charge is 0.0518 e. The fourth-order valence-corrected chi connectivity index (χ4v) is 2.04. The number of alkyl halides is 1. The quantitative estimate of drug-likeness (QED) is 0.605. The van der Waals surface area contributed by atoms with Gasteiger partial charge < -0.3 is 4.74 Å². The monoisotopic (exact) mass is 190 g/mol. The fraction of sp³-hybridized carbons (Fsp3) is 1.00. The Hall–Kier alpha value is 0.250. The minimum absolute atomic E-state index is 0.359. The van der Waals surface area contributed by atoms with Crippen LogP contribution in [0.15, 0.2) is 0 Å². The minimum atomic E-state index is 0.359. The summed E-state index contributed by atoms with van der Waals surface area (Å²) in [4.78, 5) is 0. The van der Waals surface area contributed by atoms with Gasteiger partial charge in [-0.2, -0.15) is 0 Å². The van der Waals surface area contributed by atoms with Crippen molar-refractivity contribution >= 4 is 11.6 Å². The van der Waals surface area contributed by atoms with Crippen molar-refractivity contribution in [3.8, 4) is 0 Å². The summed E-state index contributed by atoms with van der Waals surface area (Å²) in [6, 6.07) is 0. The molecule has 1 aliphatic carbocycles. The SMILES string of the molecule is CC(C)OCCC1(CCl)CCC1. The Morgan fingerprint density at radius 1 is 1.42 bits per heavy atom. The zero-order valence-corrected chi connectivity index (χ0v) is 8.86. The van der Waals surface area contributed by atoms with Crippen LogP contribution < -0.4 is 0 Å². The summed E-state index contributed by atoms with van der Waals surface area (Å²) in [5, 5.41) is 0. The molecule has 1 rings (SSSR count). The third kappa shape index (κ3) is 2.63. The Kier molecular flexibility index (Phi) is 3.85. The van der Waals surface area contributed by atoms with Gasteiger partial charge in [0.25, 0.3) is 0 Å². The molecule has 0 unspecified atom stereocenters. The summed E-state index contributed by atoms with van der Waals surface area (Å²) >= 11 is 5.92. The molecule has 0 heterocycles. The molecular formula is C10H19ClO. The maximum Gasteiger partial charge on any atom is 0.0518 e. The lowest BCUT2D eigenvalue weighted by molar-refractivity contribution is 0.0330. The van der Waals surface area contributed by atoms with E-state index in [0.29, 0.717) is 11.5 Å². The molecule has 0 amide bonds. The first-order valence-corrected chi connectivity index (χ1v) is 5.40. The molecule has 0 aromatic heterocycles. The van der Waals surface area contributed by atoms with E-state index >= 15 is 0 Å². The summed E-state index contributed by atoms with van der Waals surface area (Å²) in [6.07, 6.45) is 5.47. The molecule has 0 N–H and O–H groups in total. The molecule has 0 aromatic rings. The Bertz CT molecular complexity index is 124. The lowest BCUT2D eigenvalue weighted by Crippen LogP contribution is -2.32. The van der Waals surface area contributed by atoms with Crippen LogP contribution in [0.3, 0.4) is 0 Å². The highest BCUT2D eigenvalue weighted by Gasteiger charge is 2.35. The average molecular weight is 191 g/mol. The van der Waals surface area contributed by atoms with Gasteiger partial charge in [-0.25, -0.2) is 0 Å². The van der Waals surface area contributed by atoms with E-state index in [1.165, 1.54) is 19.3 Å². The molecule has 12 heavy (non-hydrogen) atoms. The van der Waals surface area contributed by atoms with Crippen molar-refractivity contribution in [3.63, 3.8) is 0 Å². The van der Waals surface area contributed by atoms with Crippen LogP contribution in [0.25, 0.3) is 0 Å². The third-order valence-electron chi connectivity index (χ3n) is 2.78. The van der Waals surface area contributed by atoms with E-state index in [0.717, 1.165) is 18.9 Å². The normalized spacial score (nSPS) is 21.0. The van der Waals surface area contributed by atoms with Crippen LogP contribution in [-0.4, -0.2) is 18.6 Å². The first-order valence-electron chi connectivity index (χ1n) is 4.86. The molecule has 1 saturated carbocycles. The molecule has 72 valence electrons. The highest BCUT2D eigenvalue weighted by Crippen LogP contribution is 2.44. The van der Waals surface area contributed by atoms with Crippen molar-refractivity contribution in [1.29, 1.82) is 0 Å². The van der Waals surface area contributed by atoms with Crippen molar-refractivity contribution in [3.05, 3.63) is 0 Å². The number of hydrogen-bond acceptors (Lipinski definition) is 1. The Labute approximate surface area is 80.4 Å². The van der Waals surface area contributed by atoms with Gasteiger partial charge in [-0.1, -0.05) is 6.42 Å². The molecule has 0 spiro atoms. The molecule has 0 saturated heterocycles. The van der Waals surface area contributed by atoms with Gasteiger partial charge in [-0.05, 0) is 38.5 Å². The fourth-order valence-electron chi connectivity index (χ4n) is 1.64. The predicted molar refractivity (Wildman–Crippen MR) is 52.7 cm³/mol. The van der Waals surface area contributed by atoms with Crippen molar-refractivity contribution in [2.75, 3.05) is 12.5 Å². The van der Waals surface area contributed by atoms with Gasteiger partial charge in [0.1, 0.15) is 0 Å². The van der Waals surface area contributed by atoms with Crippen molar-refractivity contribution < 1.29 is 4.74 Å². The molecule has 1 fully saturated rings. The zero-order valence-electron chi connectivity index (χ0n) is 8.11. The summed E-state index contributed by atoms with van der Waals surface area (Å²) in [6.45, 7) is 5.03. The lowest BCUT2D eigenvalue weighted by atomic mass is 9.68. The number of hydrogen-bond donors (Lipinski definition) is 0. The van der Waals surface area contributed by atoms with E-state index in [9.17, 15) is 0 Å². The summed E-state index contributed by atoms with van der Waals surface area (Å²) in [5.74, 6) is 0.814. The van der Waals surface area contributed by atoms with Gasteiger partial charge >= 0.3 is 0 Å². The summed E-state index contributed by atoms with van der Waals surface area (Å²) in [7, 11) is 0. The highest BCUT2D eigenvalue weighted by molar-refractivity contribution is 6.18. The Balaban J connectivity index is 2.12. The third-order valence-corrected chi connectivity index (χ3v) is 3.35. The van der Waals surface area contributed by atoms with Gasteiger partial charge in [0.2, 0.25) is 0 Å². The largest absolute Gasteiger partial charge is 0.379 e. The van der Waals surface area contributed by atoms with E-state index in [-0.39, 0.29) is 0 Å². The molecule has 1 aliphatic rings. The number of ether oxygens (including phenoxy) is 1. The van der Waals surface area contributed by atoms with Crippen molar-refractivity contribution in [1.82, 2.24) is 0 Å². The summed E-state index contributed by atoms with van der Waals surface area (Å²) < 4.78 is 5.52. The Morgan fingerprint density at radius 2 is 2.08 bits per heavy atom.